The monoisotopic (exact) mass is 299 g/mol. The minimum Gasteiger partial charge on any atom is -0.350 e. The third-order valence-corrected chi connectivity index (χ3v) is 4.95. The van der Waals surface area contributed by atoms with E-state index in [9.17, 15) is 4.79 Å². The molecule has 4 heteroatoms. The molecule has 118 valence electrons. The average molecular weight is 299 g/mol. The van der Waals surface area contributed by atoms with Crippen molar-refractivity contribution >= 4 is 16.8 Å². The van der Waals surface area contributed by atoms with Crippen LogP contribution in [-0.4, -0.2) is 53.5 Å². The van der Waals surface area contributed by atoms with Crippen molar-refractivity contribution in [3.8, 4) is 0 Å². The Morgan fingerprint density at radius 2 is 1.91 bits per heavy atom. The van der Waals surface area contributed by atoms with E-state index in [0.29, 0.717) is 12.5 Å². The lowest BCUT2D eigenvalue weighted by Gasteiger charge is -2.35. The summed E-state index contributed by atoms with van der Waals surface area (Å²) in [6.07, 6.45) is 4.73. The van der Waals surface area contributed by atoms with Crippen molar-refractivity contribution in [1.82, 2.24) is 14.4 Å². The first kappa shape index (κ1) is 15.1. The SMILES string of the molecule is CN1CCC(N(C)C(=O)Cc2cn(C)c3ccccc23)CC1. The van der Waals surface area contributed by atoms with Crippen LogP contribution in [0.15, 0.2) is 30.5 Å². The van der Waals surface area contributed by atoms with E-state index >= 15 is 0 Å². The van der Waals surface area contributed by atoms with E-state index in [1.807, 2.05) is 31.1 Å². The van der Waals surface area contributed by atoms with Crippen LogP contribution >= 0.6 is 0 Å². The number of para-hydroxylation sites is 1. The Kier molecular flexibility index (Phi) is 4.21. The fourth-order valence-corrected chi connectivity index (χ4v) is 3.44. The van der Waals surface area contributed by atoms with Crippen LogP contribution < -0.4 is 0 Å². The van der Waals surface area contributed by atoms with Crippen molar-refractivity contribution < 1.29 is 4.79 Å². The third-order valence-electron chi connectivity index (χ3n) is 4.95. The number of likely N-dealkylation sites (tertiary alicyclic amines) is 1. The number of carbonyl (C=O) groups is 1. The number of carbonyl (C=O) groups excluding carboxylic acids is 1. The van der Waals surface area contributed by atoms with Gasteiger partial charge in [-0.05, 0) is 44.6 Å². The van der Waals surface area contributed by atoms with E-state index in [-0.39, 0.29) is 5.91 Å². The summed E-state index contributed by atoms with van der Waals surface area (Å²) in [5, 5.41) is 1.19. The first-order valence-electron chi connectivity index (χ1n) is 8.03. The Bertz CT molecular complexity index is 668. The Morgan fingerprint density at radius 1 is 1.23 bits per heavy atom. The first-order chi connectivity index (χ1) is 10.6. The van der Waals surface area contributed by atoms with E-state index in [2.05, 4.69) is 34.8 Å². The summed E-state index contributed by atoms with van der Waals surface area (Å²) in [7, 11) is 6.15. The van der Waals surface area contributed by atoms with Crippen molar-refractivity contribution in [2.45, 2.75) is 25.3 Å². The normalized spacial score (nSPS) is 17.0. The van der Waals surface area contributed by atoms with Gasteiger partial charge in [-0.1, -0.05) is 18.2 Å². The summed E-state index contributed by atoms with van der Waals surface area (Å²) in [6.45, 7) is 2.16. The molecule has 0 bridgehead atoms. The number of aryl methyl sites for hydroxylation is 1. The van der Waals surface area contributed by atoms with Gasteiger partial charge in [-0.3, -0.25) is 4.79 Å². The smallest absolute Gasteiger partial charge is 0.227 e. The summed E-state index contributed by atoms with van der Waals surface area (Å²) in [4.78, 5) is 16.9. The van der Waals surface area contributed by atoms with Crippen LogP contribution in [0.2, 0.25) is 0 Å². The van der Waals surface area contributed by atoms with Gasteiger partial charge in [0, 0.05) is 37.2 Å². The number of rotatable bonds is 3. The number of fused-ring (bicyclic) bond motifs is 1. The summed E-state index contributed by atoms with van der Waals surface area (Å²) in [5.74, 6) is 0.228. The van der Waals surface area contributed by atoms with Crippen molar-refractivity contribution in [2.75, 3.05) is 27.2 Å². The van der Waals surface area contributed by atoms with Crippen LogP contribution in [0, 0.1) is 0 Å². The highest BCUT2D eigenvalue weighted by Crippen LogP contribution is 2.22. The Morgan fingerprint density at radius 3 is 2.64 bits per heavy atom. The topological polar surface area (TPSA) is 28.5 Å². The van der Waals surface area contributed by atoms with E-state index in [1.54, 1.807) is 0 Å². The first-order valence-corrected chi connectivity index (χ1v) is 8.03. The minimum atomic E-state index is 0.228. The molecule has 4 nitrogen and oxygen atoms in total. The second-order valence-electron chi connectivity index (χ2n) is 6.50. The molecule has 1 aromatic carbocycles. The van der Waals surface area contributed by atoms with Gasteiger partial charge in [0.25, 0.3) is 0 Å². The number of hydrogen-bond acceptors (Lipinski definition) is 2. The zero-order valence-electron chi connectivity index (χ0n) is 13.7. The molecule has 1 fully saturated rings. The van der Waals surface area contributed by atoms with Crippen molar-refractivity contribution in [3.05, 3.63) is 36.0 Å². The quantitative estimate of drug-likeness (QED) is 0.870. The molecule has 0 atom stereocenters. The number of aromatic nitrogens is 1. The molecule has 1 amide bonds. The number of nitrogens with zero attached hydrogens (tertiary/aromatic N) is 3. The lowest BCUT2D eigenvalue weighted by atomic mass is 10.0. The molecule has 0 spiro atoms. The van der Waals surface area contributed by atoms with Crippen LogP contribution in [0.5, 0.6) is 0 Å². The van der Waals surface area contributed by atoms with Gasteiger partial charge in [0.1, 0.15) is 0 Å². The summed E-state index contributed by atoms with van der Waals surface area (Å²) >= 11 is 0. The van der Waals surface area contributed by atoms with Crippen LogP contribution in [0.4, 0.5) is 0 Å². The Labute approximate surface area is 132 Å². The predicted octanol–water partition coefficient (Wildman–Crippen LogP) is 2.27. The number of piperidine rings is 1. The van der Waals surface area contributed by atoms with Gasteiger partial charge < -0.3 is 14.4 Å². The molecule has 22 heavy (non-hydrogen) atoms. The maximum Gasteiger partial charge on any atom is 0.227 e. The van der Waals surface area contributed by atoms with Crippen molar-refractivity contribution in [3.63, 3.8) is 0 Å². The van der Waals surface area contributed by atoms with E-state index in [4.69, 9.17) is 0 Å². The molecule has 1 aromatic heterocycles. The highest BCUT2D eigenvalue weighted by atomic mass is 16.2. The molecule has 0 radical (unpaired) electrons. The lowest BCUT2D eigenvalue weighted by molar-refractivity contribution is -0.132. The Hall–Kier alpha value is -1.81. The molecule has 0 unspecified atom stereocenters. The van der Waals surface area contributed by atoms with E-state index < -0.39 is 0 Å². The van der Waals surface area contributed by atoms with Crippen LogP contribution in [0.1, 0.15) is 18.4 Å². The minimum absolute atomic E-state index is 0.228. The molecule has 1 saturated heterocycles. The summed E-state index contributed by atoms with van der Waals surface area (Å²) in [5.41, 5.74) is 2.31. The van der Waals surface area contributed by atoms with Gasteiger partial charge in [-0.25, -0.2) is 0 Å². The van der Waals surface area contributed by atoms with Gasteiger partial charge in [-0.15, -0.1) is 0 Å². The zero-order valence-corrected chi connectivity index (χ0v) is 13.7. The molecule has 0 N–H and O–H groups in total. The fraction of sp³-hybridized carbons (Fsp3) is 0.500. The molecular weight excluding hydrogens is 274 g/mol. The Balaban J connectivity index is 1.73. The maximum absolute atomic E-state index is 12.6. The number of benzene rings is 1. The van der Waals surface area contributed by atoms with E-state index in [0.717, 1.165) is 31.5 Å². The van der Waals surface area contributed by atoms with Gasteiger partial charge in [0.2, 0.25) is 5.91 Å². The third kappa shape index (κ3) is 2.88. The van der Waals surface area contributed by atoms with Crippen molar-refractivity contribution in [2.24, 2.45) is 7.05 Å². The van der Waals surface area contributed by atoms with Gasteiger partial charge >= 0.3 is 0 Å². The summed E-state index contributed by atoms with van der Waals surface area (Å²) < 4.78 is 2.10. The molecule has 3 rings (SSSR count). The van der Waals surface area contributed by atoms with E-state index in [1.165, 1.54) is 10.9 Å². The van der Waals surface area contributed by atoms with Gasteiger partial charge in [0.15, 0.2) is 0 Å². The molecule has 1 aliphatic rings. The molecule has 1 aliphatic heterocycles. The number of likely N-dealkylation sites (N-methyl/N-ethyl adjacent to an activating group) is 1. The molecule has 0 saturated carbocycles. The second kappa shape index (κ2) is 6.13. The predicted molar refractivity (Wildman–Crippen MR) is 89.9 cm³/mol. The van der Waals surface area contributed by atoms with Crippen molar-refractivity contribution in [1.29, 1.82) is 0 Å². The van der Waals surface area contributed by atoms with Crippen LogP contribution in [0.25, 0.3) is 10.9 Å². The summed E-state index contributed by atoms with van der Waals surface area (Å²) in [6, 6.07) is 8.67. The standard InChI is InChI=1S/C18H25N3O/c1-19-10-8-15(9-11-19)21(3)18(22)12-14-13-20(2)17-7-5-4-6-16(14)17/h4-7,13,15H,8-12H2,1-3H3. The zero-order chi connectivity index (χ0) is 15.7. The van der Waals surface area contributed by atoms with Gasteiger partial charge in [-0.2, -0.15) is 0 Å². The molecular formula is C18H25N3O. The molecule has 2 heterocycles. The largest absolute Gasteiger partial charge is 0.350 e. The van der Waals surface area contributed by atoms with Crippen LogP contribution in [-0.2, 0) is 18.3 Å². The van der Waals surface area contributed by atoms with Gasteiger partial charge in [0.05, 0.1) is 6.42 Å². The maximum atomic E-state index is 12.6. The highest BCUT2D eigenvalue weighted by molar-refractivity contribution is 5.89. The average Bonchev–Trinajstić information content (AvgIpc) is 2.84. The fourth-order valence-electron chi connectivity index (χ4n) is 3.44. The second-order valence-corrected chi connectivity index (χ2v) is 6.50. The number of hydrogen-bond donors (Lipinski definition) is 0. The highest BCUT2D eigenvalue weighted by Gasteiger charge is 2.24. The molecule has 2 aromatic rings. The lowest BCUT2D eigenvalue weighted by Crippen LogP contribution is -2.44. The number of amides is 1. The molecule has 0 aliphatic carbocycles. The van der Waals surface area contributed by atoms with Crippen LogP contribution in [0.3, 0.4) is 0 Å².